The van der Waals surface area contributed by atoms with Crippen LogP contribution in [0.2, 0.25) is 0 Å². The minimum absolute atomic E-state index is 0.328. The molecule has 76 valence electrons. The van der Waals surface area contributed by atoms with Crippen molar-refractivity contribution in [1.82, 2.24) is 3.97 Å². The third-order valence-electron chi connectivity index (χ3n) is 2.87. The van der Waals surface area contributed by atoms with Gasteiger partial charge in [-0.15, -0.1) is 0 Å². The Hall–Kier alpha value is -0.900. The van der Waals surface area contributed by atoms with E-state index in [-0.39, 0.29) is 5.92 Å². The van der Waals surface area contributed by atoms with Crippen molar-refractivity contribution in [3.05, 3.63) is 23.0 Å². The van der Waals surface area contributed by atoms with Gasteiger partial charge in [0.1, 0.15) is 0 Å². The van der Waals surface area contributed by atoms with E-state index in [9.17, 15) is 4.79 Å². The molecule has 2 rings (SSSR count). The van der Waals surface area contributed by atoms with E-state index < -0.39 is 5.97 Å². The number of nitrogens with zero attached hydrogens (tertiary/aromatic N) is 1. The number of aryl methyl sites for hydroxylation is 1. The van der Waals surface area contributed by atoms with E-state index in [1.807, 2.05) is 17.0 Å². The summed E-state index contributed by atoms with van der Waals surface area (Å²) in [6.45, 7) is 1.95. The smallest absolute Gasteiger partial charge is 0.311 e. The van der Waals surface area contributed by atoms with Crippen LogP contribution in [0.3, 0.4) is 0 Å². The normalized spacial score (nSPS) is 20.6. The zero-order valence-electron chi connectivity index (χ0n) is 8.03. The Bertz CT molecular complexity index is 384. The van der Waals surface area contributed by atoms with Crippen molar-refractivity contribution in [1.29, 1.82) is 0 Å². The maximum atomic E-state index is 11.0. The van der Waals surface area contributed by atoms with Gasteiger partial charge in [-0.1, -0.05) is 12.8 Å². The molecule has 0 radical (unpaired) electrons. The van der Waals surface area contributed by atoms with Gasteiger partial charge < -0.3 is 5.11 Å². The van der Waals surface area contributed by atoms with E-state index in [4.69, 9.17) is 5.11 Å². The van der Waals surface area contributed by atoms with Crippen LogP contribution in [0.25, 0.3) is 0 Å². The Morgan fingerprint density at radius 1 is 1.71 bits per heavy atom. The van der Waals surface area contributed by atoms with Gasteiger partial charge >= 0.3 is 5.97 Å². The predicted octanol–water partition coefficient (Wildman–Crippen LogP) is 1.99. The first-order valence-electron chi connectivity index (χ1n) is 4.74. The summed E-state index contributed by atoms with van der Waals surface area (Å²) >= 11 is 4.33. The number of rotatable bonds is 1. The Labute approximate surface area is 88.3 Å². The van der Waals surface area contributed by atoms with Gasteiger partial charge in [-0.2, -0.15) is 0 Å². The first-order valence-corrected chi connectivity index (χ1v) is 5.14. The van der Waals surface area contributed by atoms with E-state index in [0.29, 0.717) is 0 Å². The molecule has 1 aliphatic rings. The molecule has 1 aromatic heterocycles. The lowest BCUT2D eigenvalue weighted by Crippen LogP contribution is -2.17. The van der Waals surface area contributed by atoms with Crippen molar-refractivity contribution < 1.29 is 9.90 Å². The molecule has 4 heteroatoms. The van der Waals surface area contributed by atoms with Crippen molar-refractivity contribution >= 4 is 18.8 Å². The average molecular weight is 211 g/mol. The van der Waals surface area contributed by atoms with Crippen LogP contribution >= 0.6 is 12.8 Å². The van der Waals surface area contributed by atoms with Gasteiger partial charge in [0.05, 0.1) is 5.92 Å². The number of aromatic nitrogens is 1. The topological polar surface area (TPSA) is 42.2 Å². The molecule has 3 nitrogen and oxygen atoms in total. The molecule has 1 N–H and O–H groups in total. The van der Waals surface area contributed by atoms with Crippen LogP contribution in [0, 0.1) is 6.92 Å². The molecule has 0 saturated heterocycles. The molecular weight excluding hydrogens is 198 g/mol. The third kappa shape index (κ3) is 1.34. The summed E-state index contributed by atoms with van der Waals surface area (Å²) in [5.41, 5.74) is 3.05. The number of hydrogen-bond donors (Lipinski definition) is 2. The predicted molar refractivity (Wildman–Crippen MR) is 56.9 cm³/mol. The van der Waals surface area contributed by atoms with Gasteiger partial charge in [0.2, 0.25) is 0 Å². The Morgan fingerprint density at radius 2 is 2.43 bits per heavy atom. The highest BCUT2D eigenvalue weighted by Crippen LogP contribution is 2.34. The molecular formula is C10H13NO2S. The van der Waals surface area contributed by atoms with E-state index >= 15 is 0 Å². The minimum atomic E-state index is -0.718. The van der Waals surface area contributed by atoms with Gasteiger partial charge in [-0.3, -0.25) is 8.77 Å². The summed E-state index contributed by atoms with van der Waals surface area (Å²) in [6, 6.07) is 1.94. The number of fused-ring (bicyclic) bond motifs is 1. The minimum Gasteiger partial charge on any atom is -0.481 e. The van der Waals surface area contributed by atoms with Crippen LogP contribution in [-0.2, 0) is 11.2 Å². The monoisotopic (exact) mass is 211 g/mol. The zero-order valence-corrected chi connectivity index (χ0v) is 8.92. The highest BCUT2D eigenvalue weighted by molar-refractivity contribution is 7.78. The summed E-state index contributed by atoms with van der Waals surface area (Å²) in [5, 5.41) is 9.05. The quantitative estimate of drug-likeness (QED) is 0.698. The summed E-state index contributed by atoms with van der Waals surface area (Å²) in [4.78, 5) is 11.0. The van der Waals surface area contributed by atoms with E-state index in [2.05, 4.69) is 12.8 Å². The van der Waals surface area contributed by atoms with Crippen LogP contribution in [-0.4, -0.2) is 15.0 Å². The van der Waals surface area contributed by atoms with Gasteiger partial charge in [0.25, 0.3) is 0 Å². The largest absolute Gasteiger partial charge is 0.481 e. The molecule has 0 bridgehead atoms. The first kappa shape index (κ1) is 9.65. The average Bonchev–Trinajstić information content (AvgIpc) is 2.43. The molecule has 0 spiro atoms. The summed E-state index contributed by atoms with van der Waals surface area (Å²) < 4.78 is 1.81. The lowest BCUT2D eigenvalue weighted by atomic mass is 9.87. The van der Waals surface area contributed by atoms with E-state index in [1.54, 1.807) is 0 Å². The second kappa shape index (κ2) is 3.35. The standard InChI is InChI=1S/C10H13NO2S/c1-6-5-8-7(10(12)13)3-2-4-9(8)11(6)14/h5,7,14H,2-4H2,1H3,(H,12,13). The molecule has 0 saturated carbocycles. The van der Waals surface area contributed by atoms with Crippen molar-refractivity contribution in [3.63, 3.8) is 0 Å². The first-order chi connectivity index (χ1) is 6.61. The molecule has 0 aliphatic heterocycles. The van der Waals surface area contributed by atoms with Crippen molar-refractivity contribution in [2.24, 2.45) is 0 Å². The number of carboxylic acid groups (broad SMARTS) is 1. The maximum absolute atomic E-state index is 11.0. The van der Waals surface area contributed by atoms with Gasteiger partial charge in [0, 0.05) is 11.4 Å². The second-order valence-electron chi connectivity index (χ2n) is 3.78. The van der Waals surface area contributed by atoms with Crippen molar-refractivity contribution in [3.8, 4) is 0 Å². The van der Waals surface area contributed by atoms with Crippen molar-refractivity contribution in [2.45, 2.75) is 32.1 Å². The molecule has 1 aromatic rings. The third-order valence-corrected chi connectivity index (χ3v) is 3.42. The lowest BCUT2D eigenvalue weighted by molar-refractivity contribution is -0.139. The second-order valence-corrected chi connectivity index (χ2v) is 4.18. The van der Waals surface area contributed by atoms with Gasteiger partial charge in [-0.05, 0) is 37.8 Å². The summed E-state index contributed by atoms with van der Waals surface area (Å²) in [5.74, 6) is -1.05. The molecule has 1 unspecified atom stereocenters. The SMILES string of the molecule is Cc1cc2c(n1S)CCCC2C(=O)O. The Kier molecular flexibility index (Phi) is 2.31. The highest BCUT2D eigenvalue weighted by atomic mass is 32.1. The Balaban J connectivity index is 2.50. The Morgan fingerprint density at radius 3 is 3.07 bits per heavy atom. The zero-order chi connectivity index (χ0) is 10.3. The van der Waals surface area contributed by atoms with Crippen LogP contribution in [0.5, 0.6) is 0 Å². The maximum Gasteiger partial charge on any atom is 0.311 e. The number of aliphatic carboxylic acids is 1. The van der Waals surface area contributed by atoms with Gasteiger partial charge in [-0.25, -0.2) is 0 Å². The van der Waals surface area contributed by atoms with Crippen LogP contribution in [0.15, 0.2) is 6.07 Å². The number of carboxylic acids is 1. The lowest BCUT2D eigenvalue weighted by Gasteiger charge is -2.19. The molecule has 14 heavy (non-hydrogen) atoms. The molecule has 1 atom stereocenters. The molecule has 0 amide bonds. The molecule has 1 heterocycles. The van der Waals surface area contributed by atoms with E-state index in [0.717, 1.165) is 36.2 Å². The van der Waals surface area contributed by atoms with Crippen LogP contribution in [0.4, 0.5) is 0 Å². The fourth-order valence-corrected chi connectivity index (χ4v) is 2.42. The van der Waals surface area contributed by atoms with Crippen LogP contribution < -0.4 is 0 Å². The van der Waals surface area contributed by atoms with Gasteiger partial charge in [0.15, 0.2) is 0 Å². The number of hydrogen-bond acceptors (Lipinski definition) is 2. The highest BCUT2D eigenvalue weighted by Gasteiger charge is 2.28. The van der Waals surface area contributed by atoms with Crippen molar-refractivity contribution in [2.75, 3.05) is 0 Å². The molecule has 1 aliphatic carbocycles. The molecule has 0 fully saturated rings. The fraction of sp³-hybridized carbons (Fsp3) is 0.500. The fourth-order valence-electron chi connectivity index (χ4n) is 2.14. The summed E-state index contributed by atoms with van der Waals surface area (Å²) in [7, 11) is 0. The van der Waals surface area contributed by atoms with Crippen LogP contribution in [0.1, 0.15) is 35.7 Å². The van der Waals surface area contributed by atoms with E-state index in [1.165, 1.54) is 0 Å². The summed E-state index contributed by atoms with van der Waals surface area (Å²) in [6.07, 6.45) is 2.63. The number of carbonyl (C=O) groups is 1. The number of thiol groups is 1. The molecule has 0 aromatic carbocycles.